The molecule has 1 aromatic heterocycles. The number of hydrogen-bond acceptors (Lipinski definition) is 5. The minimum Gasteiger partial charge on any atom is -0.388 e. The number of hydrogen-bond donors (Lipinski definition) is 2. The Bertz CT molecular complexity index is 619. The number of nitrogens with zero attached hydrogens (tertiary/aromatic N) is 1. The van der Waals surface area contributed by atoms with Gasteiger partial charge in [0.2, 0.25) is 0 Å². The highest BCUT2D eigenvalue weighted by atomic mass is 32.1. The average Bonchev–Trinajstić information content (AvgIpc) is 3.08. The maximum absolute atomic E-state index is 12.2. The van der Waals surface area contributed by atoms with E-state index in [0.717, 1.165) is 11.3 Å². The van der Waals surface area contributed by atoms with Crippen molar-refractivity contribution in [1.29, 1.82) is 0 Å². The molecule has 2 aromatic rings. The molecule has 1 aliphatic heterocycles. The summed E-state index contributed by atoms with van der Waals surface area (Å²) in [6.07, 6.45) is 1.10. The normalized spacial score (nSPS) is 17.1. The number of thiazole rings is 1. The molecule has 22 heavy (non-hydrogen) atoms. The van der Waals surface area contributed by atoms with Crippen LogP contribution in [0.3, 0.4) is 0 Å². The molecule has 0 radical (unpaired) electrons. The molecule has 0 bridgehead atoms. The third-order valence-electron chi connectivity index (χ3n) is 3.88. The van der Waals surface area contributed by atoms with Gasteiger partial charge in [-0.1, -0.05) is 12.1 Å². The Morgan fingerprint density at radius 3 is 2.68 bits per heavy atom. The number of carbonyl (C=O) groups is 1. The summed E-state index contributed by atoms with van der Waals surface area (Å²) in [5.41, 5.74) is 3.41. The molecule has 1 fully saturated rings. The van der Waals surface area contributed by atoms with E-state index >= 15 is 0 Å². The lowest BCUT2D eigenvalue weighted by Crippen LogP contribution is -2.46. The van der Waals surface area contributed by atoms with Gasteiger partial charge in [0.15, 0.2) is 0 Å². The van der Waals surface area contributed by atoms with E-state index in [-0.39, 0.29) is 12.5 Å². The van der Waals surface area contributed by atoms with Crippen LogP contribution in [0.1, 0.15) is 23.2 Å². The molecule has 0 saturated carbocycles. The summed E-state index contributed by atoms with van der Waals surface area (Å²) in [6.45, 7) is 1.33. The van der Waals surface area contributed by atoms with E-state index in [4.69, 9.17) is 4.74 Å². The van der Waals surface area contributed by atoms with E-state index in [1.54, 1.807) is 17.6 Å². The number of benzene rings is 1. The van der Waals surface area contributed by atoms with Crippen LogP contribution in [0.5, 0.6) is 0 Å². The van der Waals surface area contributed by atoms with Gasteiger partial charge < -0.3 is 15.2 Å². The van der Waals surface area contributed by atoms with Crippen molar-refractivity contribution in [3.63, 3.8) is 0 Å². The Kier molecular flexibility index (Phi) is 4.52. The van der Waals surface area contributed by atoms with Crippen LogP contribution in [0.4, 0.5) is 0 Å². The molecule has 1 saturated heterocycles. The molecule has 3 rings (SSSR count). The summed E-state index contributed by atoms with van der Waals surface area (Å²) >= 11 is 1.54. The highest BCUT2D eigenvalue weighted by Gasteiger charge is 2.30. The third kappa shape index (κ3) is 3.52. The molecule has 0 atom stereocenters. The SMILES string of the molecule is O=C(NCC1(O)CCOCC1)c1ccc(-c2cscn2)cc1. The zero-order chi connectivity index (χ0) is 15.4. The zero-order valence-corrected chi connectivity index (χ0v) is 12.9. The summed E-state index contributed by atoms with van der Waals surface area (Å²) < 4.78 is 5.23. The highest BCUT2D eigenvalue weighted by Crippen LogP contribution is 2.21. The lowest BCUT2D eigenvalue weighted by atomic mass is 9.94. The van der Waals surface area contributed by atoms with Crippen LogP contribution in [0.15, 0.2) is 35.2 Å². The molecule has 116 valence electrons. The number of rotatable bonds is 4. The molecule has 5 nitrogen and oxygen atoms in total. The Balaban J connectivity index is 1.60. The molecule has 6 heteroatoms. The van der Waals surface area contributed by atoms with E-state index in [9.17, 15) is 9.90 Å². The summed E-state index contributed by atoms with van der Waals surface area (Å²) in [5, 5.41) is 15.1. The van der Waals surface area contributed by atoms with Crippen molar-refractivity contribution in [3.05, 3.63) is 40.7 Å². The molecule has 0 unspecified atom stereocenters. The van der Waals surface area contributed by atoms with Crippen LogP contribution < -0.4 is 5.32 Å². The van der Waals surface area contributed by atoms with Crippen molar-refractivity contribution in [3.8, 4) is 11.3 Å². The van der Waals surface area contributed by atoms with Gasteiger partial charge in [0, 0.05) is 49.1 Å². The number of aromatic nitrogens is 1. The van der Waals surface area contributed by atoms with Gasteiger partial charge in [0.1, 0.15) is 0 Å². The lowest BCUT2D eigenvalue weighted by Gasteiger charge is -2.32. The van der Waals surface area contributed by atoms with Crippen molar-refractivity contribution in [2.24, 2.45) is 0 Å². The molecule has 0 aliphatic carbocycles. The molecule has 1 aromatic carbocycles. The first kappa shape index (κ1) is 15.1. The van der Waals surface area contributed by atoms with E-state index in [1.165, 1.54) is 11.3 Å². The van der Waals surface area contributed by atoms with Crippen LogP contribution >= 0.6 is 11.3 Å². The minimum atomic E-state index is -0.853. The van der Waals surface area contributed by atoms with Crippen LogP contribution in [0.2, 0.25) is 0 Å². The first-order valence-electron chi connectivity index (χ1n) is 7.23. The van der Waals surface area contributed by atoms with E-state index in [1.807, 2.05) is 17.5 Å². The second-order valence-electron chi connectivity index (χ2n) is 5.47. The summed E-state index contributed by atoms with van der Waals surface area (Å²) in [7, 11) is 0. The van der Waals surface area contributed by atoms with Crippen LogP contribution in [0.25, 0.3) is 11.3 Å². The van der Waals surface area contributed by atoms with Gasteiger partial charge in [0.25, 0.3) is 5.91 Å². The van der Waals surface area contributed by atoms with Crippen LogP contribution in [-0.2, 0) is 4.74 Å². The van der Waals surface area contributed by atoms with E-state index < -0.39 is 5.60 Å². The van der Waals surface area contributed by atoms with Crippen LogP contribution in [0, 0.1) is 0 Å². The molecule has 2 heterocycles. The first-order chi connectivity index (χ1) is 10.7. The van der Waals surface area contributed by atoms with Crippen molar-refractivity contribution in [2.45, 2.75) is 18.4 Å². The Labute approximate surface area is 133 Å². The Morgan fingerprint density at radius 2 is 2.05 bits per heavy atom. The molecule has 0 spiro atoms. The second kappa shape index (κ2) is 6.56. The van der Waals surface area contributed by atoms with E-state index in [0.29, 0.717) is 31.6 Å². The van der Waals surface area contributed by atoms with Gasteiger partial charge >= 0.3 is 0 Å². The monoisotopic (exact) mass is 318 g/mol. The van der Waals surface area contributed by atoms with Crippen molar-refractivity contribution >= 4 is 17.2 Å². The summed E-state index contributed by atoms with van der Waals surface area (Å²) in [4.78, 5) is 16.4. The largest absolute Gasteiger partial charge is 0.388 e. The average molecular weight is 318 g/mol. The quantitative estimate of drug-likeness (QED) is 0.905. The molecular formula is C16H18N2O3S. The second-order valence-corrected chi connectivity index (χ2v) is 6.19. The number of aliphatic hydroxyl groups is 1. The lowest BCUT2D eigenvalue weighted by molar-refractivity contribution is -0.0605. The van der Waals surface area contributed by atoms with E-state index in [2.05, 4.69) is 10.3 Å². The zero-order valence-electron chi connectivity index (χ0n) is 12.1. The Morgan fingerprint density at radius 1 is 1.32 bits per heavy atom. The fourth-order valence-electron chi connectivity index (χ4n) is 2.42. The molecule has 2 N–H and O–H groups in total. The number of nitrogens with one attached hydrogen (secondary N) is 1. The third-order valence-corrected chi connectivity index (χ3v) is 4.46. The summed E-state index contributed by atoms with van der Waals surface area (Å²) in [5.74, 6) is -0.176. The topological polar surface area (TPSA) is 71.5 Å². The molecular weight excluding hydrogens is 300 g/mol. The van der Waals surface area contributed by atoms with Crippen molar-refractivity contribution < 1.29 is 14.6 Å². The standard InChI is InChI=1S/C16H18N2O3S/c19-15(17-10-16(20)5-7-21-8-6-16)13-3-1-12(2-4-13)14-9-22-11-18-14/h1-4,9,11,20H,5-8,10H2,(H,17,19). The van der Waals surface area contributed by atoms with Gasteiger partial charge in [-0.25, -0.2) is 4.98 Å². The predicted octanol–water partition coefficient (Wildman–Crippen LogP) is 2.08. The minimum absolute atomic E-state index is 0.176. The first-order valence-corrected chi connectivity index (χ1v) is 8.18. The van der Waals surface area contributed by atoms with Gasteiger partial charge in [-0.3, -0.25) is 4.79 Å². The predicted molar refractivity (Wildman–Crippen MR) is 84.9 cm³/mol. The number of carbonyl (C=O) groups excluding carboxylic acids is 1. The van der Waals surface area contributed by atoms with Gasteiger partial charge in [-0.15, -0.1) is 11.3 Å². The number of amides is 1. The van der Waals surface area contributed by atoms with Crippen molar-refractivity contribution in [2.75, 3.05) is 19.8 Å². The fraction of sp³-hybridized carbons (Fsp3) is 0.375. The molecule has 1 amide bonds. The maximum atomic E-state index is 12.2. The number of ether oxygens (including phenoxy) is 1. The highest BCUT2D eigenvalue weighted by molar-refractivity contribution is 7.07. The summed E-state index contributed by atoms with van der Waals surface area (Å²) in [6, 6.07) is 7.32. The fourth-order valence-corrected chi connectivity index (χ4v) is 2.98. The van der Waals surface area contributed by atoms with Crippen molar-refractivity contribution in [1.82, 2.24) is 10.3 Å². The van der Waals surface area contributed by atoms with Gasteiger partial charge in [-0.2, -0.15) is 0 Å². The molecule has 1 aliphatic rings. The smallest absolute Gasteiger partial charge is 0.251 e. The van der Waals surface area contributed by atoms with Crippen LogP contribution in [-0.4, -0.2) is 41.4 Å². The van der Waals surface area contributed by atoms with Gasteiger partial charge in [0.05, 0.1) is 16.8 Å². The maximum Gasteiger partial charge on any atom is 0.251 e. The van der Waals surface area contributed by atoms with Gasteiger partial charge in [-0.05, 0) is 12.1 Å². The Hall–Kier alpha value is -1.76.